The fourth-order valence-electron chi connectivity index (χ4n) is 1.32. The Hall–Kier alpha value is -1.97. The van der Waals surface area contributed by atoms with Crippen molar-refractivity contribution in [2.45, 2.75) is 18.8 Å². The Balaban J connectivity index is 3.30. The van der Waals surface area contributed by atoms with E-state index in [1.54, 1.807) is 6.07 Å². The third-order valence-corrected chi connectivity index (χ3v) is 2.13. The number of nitriles is 1. The van der Waals surface area contributed by atoms with Gasteiger partial charge < -0.3 is 0 Å². The summed E-state index contributed by atoms with van der Waals surface area (Å²) in [7, 11) is 0. The molecular formula is C12H7F6N. The van der Waals surface area contributed by atoms with Gasteiger partial charge in [-0.05, 0) is 23.8 Å². The lowest BCUT2D eigenvalue weighted by Gasteiger charge is -2.12. The van der Waals surface area contributed by atoms with Crippen LogP contribution >= 0.6 is 0 Å². The van der Waals surface area contributed by atoms with Gasteiger partial charge in [-0.1, -0.05) is 12.2 Å². The minimum absolute atomic E-state index is 0.0572. The average Bonchev–Trinajstić information content (AvgIpc) is 2.27. The van der Waals surface area contributed by atoms with Crippen LogP contribution in [0.5, 0.6) is 0 Å². The van der Waals surface area contributed by atoms with Crippen LogP contribution in [-0.4, -0.2) is 0 Å². The topological polar surface area (TPSA) is 23.8 Å². The maximum atomic E-state index is 12.5. The van der Waals surface area contributed by atoms with Gasteiger partial charge in [0.1, 0.15) is 0 Å². The van der Waals surface area contributed by atoms with Gasteiger partial charge in [0.15, 0.2) is 0 Å². The zero-order chi connectivity index (χ0) is 14.7. The Morgan fingerprint density at radius 3 is 1.79 bits per heavy atom. The fourth-order valence-corrected chi connectivity index (χ4v) is 1.32. The SMILES string of the molecule is N#CCC=Cc1cc(C(F)(F)F)cc(C(F)(F)F)c1. The Morgan fingerprint density at radius 1 is 0.947 bits per heavy atom. The van der Waals surface area contributed by atoms with Gasteiger partial charge in [0.05, 0.1) is 23.6 Å². The molecule has 0 spiro atoms. The standard InChI is InChI=1S/C12H7F6N/c13-11(14,15)9-5-8(3-1-2-4-19)6-10(7-9)12(16,17)18/h1,3,5-7H,2H2. The van der Waals surface area contributed by atoms with Gasteiger partial charge in [-0.25, -0.2) is 0 Å². The Kier molecular flexibility index (Phi) is 4.24. The average molecular weight is 279 g/mol. The number of alkyl halides is 6. The van der Waals surface area contributed by atoms with Crippen molar-refractivity contribution in [3.8, 4) is 6.07 Å². The number of allylic oxidation sites excluding steroid dienone is 1. The molecule has 0 saturated heterocycles. The van der Waals surface area contributed by atoms with Crippen molar-refractivity contribution in [1.29, 1.82) is 5.26 Å². The van der Waals surface area contributed by atoms with E-state index < -0.39 is 23.5 Å². The third kappa shape index (κ3) is 4.32. The van der Waals surface area contributed by atoms with Gasteiger partial charge >= 0.3 is 12.4 Å². The van der Waals surface area contributed by atoms with Crippen LogP contribution in [-0.2, 0) is 12.4 Å². The van der Waals surface area contributed by atoms with Crippen LogP contribution in [0.25, 0.3) is 6.08 Å². The normalized spacial score (nSPS) is 12.7. The highest BCUT2D eigenvalue weighted by molar-refractivity contribution is 5.53. The third-order valence-electron chi connectivity index (χ3n) is 2.13. The lowest BCUT2D eigenvalue weighted by molar-refractivity contribution is -0.143. The first kappa shape index (κ1) is 15.1. The lowest BCUT2D eigenvalue weighted by atomic mass is 10.0. The molecule has 0 saturated carbocycles. The summed E-state index contributed by atoms with van der Waals surface area (Å²) >= 11 is 0. The monoisotopic (exact) mass is 279 g/mol. The van der Waals surface area contributed by atoms with Crippen LogP contribution in [0.1, 0.15) is 23.1 Å². The van der Waals surface area contributed by atoms with E-state index >= 15 is 0 Å². The summed E-state index contributed by atoms with van der Waals surface area (Å²) in [4.78, 5) is 0. The van der Waals surface area contributed by atoms with E-state index in [9.17, 15) is 26.3 Å². The summed E-state index contributed by atoms with van der Waals surface area (Å²) in [5.41, 5.74) is -3.00. The van der Waals surface area contributed by atoms with Gasteiger partial charge in [0.25, 0.3) is 0 Å². The van der Waals surface area contributed by atoms with Crippen molar-refractivity contribution < 1.29 is 26.3 Å². The van der Waals surface area contributed by atoms with Crippen molar-refractivity contribution in [3.63, 3.8) is 0 Å². The molecule has 0 fully saturated rings. The van der Waals surface area contributed by atoms with E-state index in [2.05, 4.69) is 0 Å². The molecule has 0 bridgehead atoms. The molecule has 1 aromatic rings. The first-order chi connectivity index (χ1) is 8.64. The number of nitrogens with zero attached hydrogens (tertiary/aromatic N) is 1. The lowest BCUT2D eigenvalue weighted by Crippen LogP contribution is -2.11. The van der Waals surface area contributed by atoms with Crippen molar-refractivity contribution in [2.24, 2.45) is 0 Å². The quantitative estimate of drug-likeness (QED) is 0.723. The van der Waals surface area contributed by atoms with Crippen LogP contribution in [0.2, 0.25) is 0 Å². The van der Waals surface area contributed by atoms with E-state index in [1.165, 1.54) is 6.08 Å². The number of halogens is 6. The molecule has 0 unspecified atom stereocenters. The first-order valence-corrected chi connectivity index (χ1v) is 4.97. The molecule has 1 rings (SSSR count). The van der Waals surface area contributed by atoms with E-state index in [-0.39, 0.29) is 18.1 Å². The van der Waals surface area contributed by atoms with Crippen molar-refractivity contribution in [1.82, 2.24) is 0 Å². The van der Waals surface area contributed by atoms with Crippen LogP contribution in [0.3, 0.4) is 0 Å². The number of rotatable bonds is 2. The van der Waals surface area contributed by atoms with Gasteiger partial charge in [-0.3, -0.25) is 0 Å². The molecule has 0 radical (unpaired) electrons. The van der Waals surface area contributed by atoms with Crippen molar-refractivity contribution in [2.75, 3.05) is 0 Å². The number of hydrogen-bond acceptors (Lipinski definition) is 1. The molecule has 1 aromatic carbocycles. The van der Waals surface area contributed by atoms with Crippen molar-refractivity contribution >= 4 is 6.08 Å². The fraction of sp³-hybridized carbons (Fsp3) is 0.250. The summed E-state index contributed by atoms with van der Waals surface area (Å²) in [5, 5.41) is 8.25. The summed E-state index contributed by atoms with van der Waals surface area (Å²) in [6, 6.07) is 2.95. The maximum absolute atomic E-state index is 12.5. The molecule has 0 aliphatic heterocycles. The van der Waals surface area contributed by atoms with Gasteiger partial charge in [-0.2, -0.15) is 31.6 Å². The molecule has 19 heavy (non-hydrogen) atoms. The van der Waals surface area contributed by atoms with Gasteiger partial charge in [0.2, 0.25) is 0 Å². The molecule has 0 aliphatic rings. The Morgan fingerprint density at radius 2 is 1.42 bits per heavy atom. The smallest absolute Gasteiger partial charge is 0.198 e. The Labute approximate surface area is 104 Å². The molecule has 0 N–H and O–H groups in total. The van der Waals surface area contributed by atoms with Crippen LogP contribution in [0, 0.1) is 11.3 Å². The molecule has 0 atom stereocenters. The second kappa shape index (κ2) is 5.34. The Bertz CT molecular complexity index is 486. The van der Waals surface area contributed by atoms with Gasteiger partial charge in [-0.15, -0.1) is 0 Å². The minimum Gasteiger partial charge on any atom is -0.198 e. The molecule has 0 aliphatic carbocycles. The van der Waals surface area contributed by atoms with Crippen LogP contribution < -0.4 is 0 Å². The highest BCUT2D eigenvalue weighted by Crippen LogP contribution is 2.36. The molecule has 102 valence electrons. The number of hydrogen-bond donors (Lipinski definition) is 0. The van der Waals surface area contributed by atoms with Crippen molar-refractivity contribution in [3.05, 3.63) is 41.0 Å². The molecule has 7 heteroatoms. The van der Waals surface area contributed by atoms with E-state index in [1.807, 2.05) is 0 Å². The van der Waals surface area contributed by atoms with Crippen LogP contribution in [0.15, 0.2) is 24.3 Å². The summed E-state index contributed by atoms with van der Waals surface area (Å²) in [5.74, 6) is 0. The highest BCUT2D eigenvalue weighted by atomic mass is 19.4. The summed E-state index contributed by atoms with van der Waals surface area (Å²) < 4.78 is 74.9. The van der Waals surface area contributed by atoms with Crippen LogP contribution in [0.4, 0.5) is 26.3 Å². The molecular weight excluding hydrogens is 272 g/mol. The predicted molar refractivity (Wildman–Crippen MR) is 55.7 cm³/mol. The summed E-state index contributed by atoms with van der Waals surface area (Å²) in [6.07, 6.45) is -7.58. The molecule has 0 heterocycles. The highest BCUT2D eigenvalue weighted by Gasteiger charge is 2.36. The van der Waals surface area contributed by atoms with E-state index in [4.69, 9.17) is 5.26 Å². The molecule has 0 aromatic heterocycles. The zero-order valence-electron chi connectivity index (χ0n) is 9.31. The van der Waals surface area contributed by atoms with E-state index in [0.717, 1.165) is 6.08 Å². The zero-order valence-corrected chi connectivity index (χ0v) is 9.31. The van der Waals surface area contributed by atoms with Gasteiger partial charge in [0, 0.05) is 0 Å². The predicted octanol–water partition coefficient (Wildman–Crippen LogP) is 4.65. The number of benzene rings is 1. The summed E-state index contributed by atoms with van der Waals surface area (Å²) in [6.45, 7) is 0. The van der Waals surface area contributed by atoms with E-state index in [0.29, 0.717) is 12.1 Å². The minimum atomic E-state index is -4.86. The second-order valence-electron chi connectivity index (χ2n) is 3.60. The molecule has 0 amide bonds. The second-order valence-corrected chi connectivity index (χ2v) is 3.60. The largest absolute Gasteiger partial charge is 0.416 e. The molecule has 1 nitrogen and oxygen atoms in total. The first-order valence-electron chi connectivity index (χ1n) is 4.97. The maximum Gasteiger partial charge on any atom is 0.416 e.